The summed E-state index contributed by atoms with van der Waals surface area (Å²) < 4.78 is 6.42. The van der Waals surface area contributed by atoms with Crippen molar-refractivity contribution in [2.45, 2.75) is 96.9 Å². The predicted molar refractivity (Wildman–Crippen MR) is 133 cm³/mol. The van der Waals surface area contributed by atoms with Gasteiger partial charge in [-0.25, -0.2) is 4.79 Å². The van der Waals surface area contributed by atoms with Crippen molar-refractivity contribution in [1.29, 1.82) is 0 Å². The van der Waals surface area contributed by atoms with Gasteiger partial charge in [-0.1, -0.05) is 58.1 Å². The summed E-state index contributed by atoms with van der Waals surface area (Å²) >= 11 is 0. The maximum atomic E-state index is 12.8. The summed E-state index contributed by atoms with van der Waals surface area (Å²) in [4.78, 5) is 40.8. The van der Waals surface area contributed by atoms with Crippen molar-refractivity contribution in [3.63, 3.8) is 0 Å². The van der Waals surface area contributed by atoms with Crippen LogP contribution < -0.4 is 0 Å². The molecule has 1 aliphatic carbocycles. The fraction of sp³-hybridized carbons (Fsp3) is 0.679. The maximum Gasteiger partial charge on any atom is 0.409 e. The van der Waals surface area contributed by atoms with Crippen LogP contribution in [0.15, 0.2) is 24.3 Å². The molecule has 1 saturated carbocycles. The minimum absolute atomic E-state index is 0.175. The number of rotatable bonds is 8. The zero-order chi connectivity index (χ0) is 25.3. The lowest BCUT2D eigenvalue weighted by atomic mass is 9.80. The molecule has 1 saturated heterocycles. The topological polar surface area (TPSA) is 87.2 Å². The molecule has 35 heavy (non-hydrogen) atoms. The lowest BCUT2D eigenvalue weighted by Gasteiger charge is -2.34. The second kappa shape index (κ2) is 10.3. The number of ether oxygens (including phenoxy) is 1. The number of carbonyl (C=O) groups excluding carboxylic acids is 2. The number of fused-ring (bicyclic) bond motifs is 1. The first kappa shape index (κ1) is 25.7. The molecule has 192 valence electrons. The summed E-state index contributed by atoms with van der Waals surface area (Å²) in [7, 11) is 0. The average molecular weight is 485 g/mol. The summed E-state index contributed by atoms with van der Waals surface area (Å²) in [5, 5.41) is 10.1. The smallest absolute Gasteiger partial charge is 0.409 e. The van der Waals surface area contributed by atoms with Gasteiger partial charge in [-0.3, -0.25) is 19.4 Å². The molecule has 0 aromatic heterocycles. The minimum Gasteiger partial charge on any atom is -0.465 e. The number of carboxylic acid groups (broad SMARTS) is 1. The van der Waals surface area contributed by atoms with E-state index in [1.807, 2.05) is 13.8 Å². The van der Waals surface area contributed by atoms with E-state index in [0.29, 0.717) is 42.3 Å². The zero-order valence-corrected chi connectivity index (χ0v) is 21.5. The van der Waals surface area contributed by atoms with Crippen LogP contribution >= 0.6 is 0 Å². The second-order valence-electron chi connectivity index (χ2n) is 11.4. The standard InChI is InChI=1S/C28H40N2O5/c1-18(2)20(14-15-29-25(31)21-12-8-9-13-22(21)26(29)32)17-24-23(16-19-10-6-5-7-11-19)30(27(33)34)28(3,4)35-24/h8-9,12-13,18-20,23-24H,5-7,10-11,14-17H2,1-4H3,(H,33,34)/t20?,23-,24-/m0/s1. The maximum absolute atomic E-state index is 12.8. The van der Waals surface area contributed by atoms with Crippen molar-refractivity contribution in [3.05, 3.63) is 35.4 Å². The third-order valence-corrected chi connectivity index (χ3v) is 8.37. The molecule has 1 aromatic carbocycles. The van der Waals surface area contributed by atoms with Crippen molar-refractivity contribution >= 4 is 17.9 Å². The molecule has 4 rings (SSSR count). The van der Waals surface area contributed by atoms with Gasteiger partial charge >= 0.3 is 6.09 Å². The molecule has 3 aliphatic rings. The highest BCUT2D eigenvalue weighted by molar-refractivity contribution is 6.21. The molecule has 3 atom stereocenters. The summed E-state index contributed by atoms with van der Waals surface area (Å²) in [6.07, 6.45) is 7.12. The molecule has 2 aliphatic heterocycles. The molecule has 3 amide bonds. The first-order valence-corrected chi connectivity index (χ1v) is 13.3. The first-order valence-electron chi connectivity index (χ1n) is 13.3. The molecular weight excluding hydrogens is 444 g/mol. The van der Waals surface area contributed by atoms with Gasteiger partial charge in [0.1, 0.15) is 5.72 Å². The van der Waals surface area contributed by atoms with E-state index in [2.05, 4.69) is 13.8 Å². The Kier molecular flexibility index (Phi) is 7.55. The molecule has 1 unspecified atom stereocenters. The summed E-state index contributed by atoms with van der Waals surface area (Å²) in [5.74, 6) is 0.595. The Balaban J connectivity index is 1.47. The molecule has 2 heterocycles. The number of amides is 3. The largest absolute Gasteiger partial charge is 0.465 e. The highest BCUT2D eigenvalue weighted by atomic mass is 16.6. The van der Waals surface area contributed by atoms with Crippen molar-refractivity contribution in [3.8, 4) is 0 Å². The van der Waals surface area contributed by atoms with Crippen LogP contribution in [0, 0.1) is 17.8 Å². The third kappa shape index (κ3) is 5.25. The van der Waals surface area contributed by atoms with E-state index in [-0.39, 0.29) is 29.9 Å². The van der Waals surface area contributed by atoms with Crippen molar-refractivity contribution in [1.82, 2.24) is 9.80 Å². The number of hydrogen-bond donors (Lipinski definition) is 1. The molecule has 7 nitrogen and oxygen atoms in total. The molecule has 0 bridgehead atoms. The second-order valence-corrected chi connectivity index (χ2v) is 11.4. The quantitative estimate of drug-likeness (QED) is 0.472. The normalized spacial score (nSPS) is 25.4. The Hall–Kier alpha value is -2.41. The lowest BCUT2D eigenvalue weighted by Crippen LogP contribution is -2.48. The molecule has 1 aromatic rings. The molecule has 0 spiro atoms. The van der Waals surface area contributed by atoms with Gasteiger partial charge in [-0.05, 0) is 63.0 Å². The number of nitrogens with zero attached hydrogens (tertiary/aromatic N) is 2. The van der Waals surface area contributed by atoms with Crippen LogP contribution in [-0.2, 0) is 4.74 Å². The first-order chi connectivity index (χ1) is 16.6. The fourth-order valence-electron chi connectivity index (χ4n) is 6.43. The van der Waals surface area contributed by atoms with Crippen LogP contribution in [0.4, 0.5) is 4.79 Å². The van der Waals surface area contributed by atoms with E-state index in [0.717, 1.165) is 19.3 Å². The van der Waals surface area contributed by atoms with Gasteiger partial charge < -0.3 is 9.84 Å². The molecule has 0 radical (unpaired) electrons. The van der Waals surface area contributed by atoms with E-state index in [4.69, 9.17) is 4.74 Å². The van der Waals surface area contributed by atoms with Gasteiger partial charge in [0, 0.05) is 6.54 Å². The van der Waals surface area contributed by atoms with E-state index in [1.165, 1.54) is 29.1 Å². The zero-order valence-electron chi connectivity index (χ0n) is 21.5. The van der Waals surface area contributed by atoms with E-state index >= 15 is 0 Å². The van der Waals surface area contributed by atoms with Gasteiger partial charge in [0.15, 0.2) is 0 Å². The summed E-state index contributed by atoms with van der Waals surface area (Å²) in [6.45, 7) is 8.36. The molecule has 7 heteroatoms. The van der Waals surface area contributed by atoms with Gasteiger partial charge in [0.05, 0.1) is 23.3 Å². The van der Waals surface area contributed by atoms with E-state index < -0.39 is 11.8 Å². The Morgan fingerprint density at radius 1 is 1.09 bits per heavy atom. The highest BCUT2D eigenvalue weighted by Crippen LogP contribution is 2.41. The van der Waals surface area contributed by atoms with E-state index in [1.54, 1.807) is 24.3 Å². The SMILES string of the molecule is CC(C)C(CCN1C(=O)c2ccccc2C1=O)C[C@@H]1OC(C)(C)N(C(=O)O)[C@H]1CC1CCCCC1. The van der Waals surface area contributed by atoms with Crippen LogP contribution in [-0.4, -0.2) is 57.2 Å². The summed E-state index contributed by atoms with van der Waals surface area (Å²) in [5.41, 5.74) is 0.0770. The number of imide groups is 1. The number of benzene rings is 1. The Bertz CT molecular complexity index is 917. The van der Waals surface area contributed by atoms with Crippen LogP contribution in [0.25, 0.3) is 0 Å². The van der Waals surface area contributed by atoms with Crippen LogP contribution in [0.3, 0.4) is 0 Å². The van der Waals surface area contributed by atoms with Gasteiger partial charge in [-0.15, -0.1) is 0 Å². The predicted octanol–water partition coefficient (Wildman–Crippen LogP) is 5.79. The van der Waals surface area contributed by atoms with Crippen LogP contribution in [0.1, 0.15) is 99.8 Å². The van der Waals surface area contributed by atoms with Crippen LogP contribution in [0.2, 0.25) is 0 Å². The molecule has 2 fully saturated rings. The van der Waals surface area contributed by atoms with Gasteiger partial charge in [-0.2, -0.15) is 0 Å². The van der Waals surface area contributed by atoms with Crippen molar-refractivity contribution < 1.29 is 24.2 Å². The van der Waals surface area contributed by atoms with Crippen LogP contribution in [0.5, 0.6) is 0 Å². The minimum atomic E-state index is -0.926. The Morgan fingerprint density at radius 2 is 1.69 bits per heavy atom. The number of carbonyl (C=O) groups is 3. The average Bonchev–Trinajstić information content (AvgIpc) is 3.20. The monoisotopic (exact) mass is 484 g/mol. The Labute approximate surface area is 208 Å². The lowest BCUT2D eigenvalue weighted by molar-refractivity contribution is -0.0723. The third-order valence-electron chi connectivity index (χ3n) is 8.37. The molecule has 1 N–H and O–H groups in total. The van der Waals surface area contributed by atoms with E-state index in [9.17, 15) is 19.5 Å². The van der Waals surface area contributed by atoms with Crippen molar-refractivity contribution in [2.75, 3.05) is 6.54 Å². The Morgan fingerprint density at radius 3 is 2.23 bits per heavy atom. The van der Waals surface area contributed by atoms with Gasteiger partial charge in [0.2, 0.25) is 0 Å². The molecular formula is C28H40N2O5. The fourth-order valence-corrected chi connectivity index (χ4v) is 6.43. The highest BCUT2D eigenvalue weighted by Gasteiger charge is 2.51. The van der Waals surface area contributed by atoms with Crippen molar-refractivity contribution in [2.24, 2.45) is 17.8 Å². The summed E-state index contributed by atoms with van der Waals surface area (Å²) in [6, 6.07) is 6.81. The number of hydrogen-bond acceptors (Lipinski definition) is 4. The van der Waals surface area contributed by atoms with Gasteiger partial charge in [0.25, 0.3) is 11.8 Å².